The van der Waals surface area contributed by atoms with Gasteiger partial charge in [0.15, 0.2) is 0 Å². The van der Waals surface area contributed by atoms with Crippen LogP contribution >= 0.6 is 12.6 Å². The van der Waals surface area contributed by atoms with Crippen molar-refractivity contribution in [1.29, 1.82) is 0 Å². The summed E-state index contributed by atoms with van der Waals surface area (Å²) in [5.41, 5.74) is 1.13. The Kier molecular flexibility index (Phi) is 4.28. The molecule has 58 valence electrons. The van der Waals surface area contributed by atoms with Crippen LogP contribution in [-0.2, 0) is 0 Å². The molecule has 0 fully saturated rings. The second-order valence-corrected chi connectivity index (χ2v) is 2.28. The average Bonchev–Trinajstić information content (AvgIpc) is 2.25. The fraction of sp³-hybridized carbons (Fsp3) is 0.500. The summed E-state index contributed by atoms with van der Waals surface area (Å²) in [5, 5.41) is 0. The lowest BCUT2D eigenvalue weighted by Gasteiger charge is -1.83. The molecule has 0 atom stereocenters. The Labute approximate surface area is 67.8 Å². The Morgan fingerprint density at radius 2 is 1.80 bits per heavy atom. The van der Waals surface area contributed by atoms with Crippen LogP contribution in [0, 0.1) is 13.8 Å². The molecule has 0 spiro atoms. The van der Waals surface area contributed by atoms with E-state index in [0.29, 0.717) is 0 Å². The van der Waals surface area contributed by atoms with Crippen LogP contribution in [0.4, 0.5) is 0 Å². The van der Waals surface area contributed by atoms with E-state index in [9.17, 15) is 0 Å². The third-order valence-corrected chi connectivity index (χ3v) is 1.70. The van der Waals surface area contributed by atoms with Crippen molar-refractivity contribution < 1.29 is 4.42 Å². The second-order valence-electron chi connectivity index (χ2n) is 1.80. The van der Waals surface area contributed by atoms with Crippen molar-refractivity contribution in [3.05, 3.63) is 17.6 Å². The summed E-state index contributed by atoms with van der Waals surface area (Å²) in [6.45, 7) is 7.91. The summed E-state index contributed by atoms with van der Waals surface area (Å²) in [7, 11) is 0. The molecule has 1 rings (SSSR count). The van der Waals surface area contributed by atoms with E-state index >= 15 is 0 Å². The fourth-order valence-electron chi connectivity index (χ4n) is 0.501. The molecule has 0 unspecified atom stereocenters. The molecule has 0 aliphatic carbocycles. The lowest BCUT2D eigenvalue weighted by molar-refractivity contribution is 0.528. The van der Waals surface area contributed by atoms with E-state index in [2.05, 4.69) is 12.6 Å². The summed E-state index contributed by atoms with van der Waals surface area (Å²) in [6, 6.07) is 0. The van der Waals surface area contributed by atoms with Crippen LogP contribution in [0.2, 0.25) is 0 Å². The Bertz CT molecular complexity index is 172. The van der Waals surface area contributed by atoms with E-state index in [1.165, 1.54) is 0 Å². The Morgan fingerprint density at radius 1 is 1.30 bits per heavy atom. The van der Waals surface area contributed by atoms with E-state index in [-0.39, 0.29) is 0 Å². The summed E-state index contributed by atoms with van der Waals surface area (Å²) < 4.78 is 5.02. The van der Waals surface area contributed by atoms with Crippen molar-refractivity contribution in [3.8, 4) is 0 Å². The Morgan fingerprint density at radius 3 is 1.90 bits per heavy atom. The maximum atomic E-state index is 5.02. The lowest BCUT2D eigenvalue weighted by atomic mass is 10.3. The standard InChI is InChI=1S/C6H8OS.C2H6/c1-4-5(2)7-3-6(4)8;1-2/h3,8H,1-2H3;1-2H3. The van der Waals surface area contributed by atoms with Gasteiger partial charge in [0.05, 0.1) is 0 Å². The molecule has 0 bridgehead atoms. The number of rotatable bonds is 0. The first-order valence-corrected chi connectivity index (χ1v) is 3.90. The molecule has 0 saturated carbocycles. The number of thiol groups is 1. The van der Waals surface area contributed by atoms with Gasteiger partial charge in [0.25, 0.3) is 0 Å². The van der Waals surface area contributed by atoms with Crippen LogP contribution in [0.5, 0.6) is 0 Å². The molecular weight excluding hydrogens is 144 g/mol. The van der Waals surface area contributed by atoms with Crippen LogP contribution in [0.25, 0.3) is 0 Å². The summed E-state index contributed by atoms with van der Waals surface area (Å²) in [4.78, 5) is 0.933. The highest BCUT2D eigenvalue weighted by molar-refractivity contribution is 7.80. The summed E-state index contributed by atoms with van der Waals surface area (Å²) in [6.07, 6.45) is 1.65. The number of aryl methyl sites for hydroxylation is 1. The molecule has 0 radical (unpaired) electrons. The highest BCUT2D eigenvalue weighted by Gasteiger charge is 1.98. The zero-order valence-corrected chi connectivity index (χ0v) is 7.83. The first-order valence-electron chi connectivity index (χ1n) is 3.45. The maximum absolute atomic E-state index is 5.02. The SMILES string of the molecule is CC.Cc1occ(S)c1C. The molecular formula is C8H14OS. The van der Waals surface area contributed by atoms with Crippen molar-refractivity contribution in [3.63, 3.8) is 0 Å². The van der Waals surface area contributed by atoms with Gasteiger partial charge in [-0.1, -0.05) is 13.8 Å². The largest absolute Gasteiger partial charge is 0.468 e. The molecule has 0 aromatic carbocycles. The molecule has 10 heavy (non-hydrogen) atoms. The van der Waals surface area contributed by atoms with Crippen molar-refractivity contribution in [2.75, 3.05) is 0 Å². The topological polar surface area (TPSA) is 13.1 Å². The van der Waals surface area contributed by atoms with Crippen LogP contribution in [0.15, 0.2) is 15.6 Å². The van der Waals surface area contributed by atoms with Gasteiger partial charge in [0.2, 0.25) is 0 Å². The van der Waals surface area contributed by atoms with Crippen LogP contribution < -0.4 is 0 Å². The molecule has 0 aliphatic rings. The normalized spacial score (nSPS) is 8.50. The first-order chi connectivity index (χ1) is 4.72. The molecule has 0 amide bonds. The number of hydrogen-bond donors (Lipinski definition) is 1. The molecule has 1 aromatic heterocycles. The van der Waals surface area contributed by atoms with Gasteiger partial charge in [-0.25, -0.2) is 0 Å². The number of hydrogen-bond acceptors (Lipinski definition) is 2. The zero-order chi connectivity index (χ0) is 8.15. The van der Waals surface area contributed by atoms with Crippen LogP contribution in [-0.4, -0.2) is 0 Å². The van der Waals surface area contributed by atoms with Gasteiger partial charge in [-0.3, -0.25) is 0 Å². The average molecular weight is 158 g/mol. The van der Waals surface area contributed by atoms with Crippen molar-refractivity contribution in [2.24, 2.45) is 0 Å². The molecule has 2 heteroatoms. The highest BCUT2D eigenvalue weighted by atomic mass is 32.1. The quantitative estimate of drug-likeness (QED) is 0.572. The summed E-state index contributed by atoms with van der Waals surface area (Å²) in [5.74, 6) is 0.954. The zero-order valence-electron chi connectivity index (χ0n) is 6.93. The summed E-state index contributed by atoms with van der Waals surface area (Å²) >= 11 is 4.12. The van der Waals surface area contributed by atoms with Crippen molar-refractivity contribution in [1.82, 2.24) is 0 Å². The molecule has 0 saturated heterocycles. The molecule has 0 N–H and O–H groups in total. The third kappa shape index (κ3) is 2.10. The number of furan rings is 1. The minimum absolute atomic E-state index is 0.933. The van der Waals surface area contributed by atoms with Gasteiger partial charge >= 0.3 is 0 Å². The van der Waals surface area contributed by atoms with Crippen molar-refractivity contribution >= 4 is 12.6 Å². The maximum Gasteiger partial charge on any atom is 0.104 e. The molecule has 1 heterocycles. The van der Waals surface area contributed by atoms with Gasteiger partial charge in [0, 0.05) is 10.5 Å². The van der Waals surface area contributed by atoms with E-state index in [4.69, 9.17) is 4.42 Å². The van der Waals surface area contributed by atoms with Gasteiger partial charge in [0.1, 0.15) is 12.0 Å². The van der Waals surface area contributed by atoms with E-state index in [1.807, 2.05) is 27.7 Å². The Balaban J connectivity index is 0.000000371. The second kappa shape index (κ2) is 4.45. The first kappa shape index (κ1) is 9.63. The minimum Gasteiger partial charge on any atom is -0.468 e. The van der Waals surface area contributed by atoms with Crippen LogP contribution in [0.1, 0.15) is 25.2 Å². The van der Waals surface area contributed by atoms with Gasteiger partial charge < -0.3 is 4.42 Å². The molecule has 1 nitrogen and oxygen atoms in total. The lowest BCUT2D eigenvalue weighted by Crippen LogP contribution is -1.67. The monoisotopic (exact) mass is 158 g/mol. The van der Waals surface area contributed by atoms with Gasteiger partial charge in [-0.2, -0.15) is 0 Å². The van der Waals surface area contributed by atoms with Gasteiger partial charge in [-0.15, -0.1) is 12.6 Å². The van der Waals surface area contributed by atoms with Crippen molar-refractivity contribution in [2.45, 2.75) is 32.6 Å². The van der Waals surface area contributed by atoms with Crippen LogP contribution in [0.3, 0.4) is 0 Å². The predicted molar refractivity (Wildman–Crippen MR) is 46.8 cm³/mol. The van der Waals surface area contributed by atoms with E-state index < -0.39 is 0 Å². The molecule has 0 aliphatic heterocycles. The predicted octanol–water partition coefficient (Wildman–Crippen LogP) is 3.21. The third-order valence-electron chi connectivity index (χ3n) is 1.26. The van der Waals surface area contributed by atoms with Gasteiger partial charge in [-0.05, 0) is 13.8 Å². The Hall–Kier alpha value is -0.370. The van der Waals surface area contributed by atoms with E-state index in [1.54, 1.807) is 6.26 Å². The highest BCUT2D eigenvalue weighted by Crippen LogP contribution is 2.17. The molecule has 1 aromatic rings. The van der Waals surface area contributed by atoms with E-state index in [0.717, 1.165) is 16.2 Å². The fourth-order valence-corrected chi connectivity index (χ4v) is 0.711. The smallest absolute Gasteiger partial charge is 0.104 e. The minimum atomic E-state index is 0.933.